The van der Waals surface area contributed by atoms with Crippen molar-refractivity contribution in [3.05, 3.63) is 53.7 Å². The predicted molar refractivity (Wildman–Crippen MR) is 128 cm³/mol. The molecule has 9 heteroatoms. The summed E-state index contributed by atoms with van der Waals surface area (Å²) < 4.78 is 38.8. The Bertz CT molecular complexity index is 1200. The lowest BCUT2D eigenvalue weighted by molar-refractivity contribution is 0.0527. The maximum atomic E-state index is 14.5. The Kier molecular flexibility index (Phi) is 7.12. The fourth-order valence-electron chi connectivity index (χ4n) is 4.15. The summed E-state index contributed by atoms with van der Waals surface area (Å²) in [5, 5.41) is 3.58. The monoisotopic (exact) mass is 470 g/mol. The molecule has 0 unspecified atom stereocenters. The third-order valence-corrected chi connectivity index (χ3v) is 6.01. The topological polar surface area (TPSA) is 66.9 Å². The van der Waals surface area contributed by atoms with Gasteiger partial charge >= 0.3 is 5.97 Å². The van der Waals surface area contributed by atoms with Crippen LogP contribution in [-0.4, -0.2) is 62.3 Å². The minimum absolute atomic E-state index is 0.0355. The number of likely N-dealkylation sites (N-methyl/N-ethyl adjacent to an activating group) is 1. The van der Waals surface area contributed by atoms with Crippen LogP contribution in [0, 0.1) is 11.6 Å². The average Bonchev–Trinajstić information content (AvgIpc) is 2.85. The zero-order valence-electron chi connectivity index (χ0n) is 19.5. The molecule has 2 heterocycles. The van der Waals surface area contributed by atoms with Crippen LogP contribution in [0.15, 0.2) is 36.5 Å². The Morgan fingerprint density at radius 2 is 1.88 bits per heavy atom. The molecule has 2 aromatic carbocycles. The van der Waals surface area contributed by atoms with Gasteiger partial charge in [-0.3, -0.25) is 4.98 Å². The number of methoxy groups -OCH3 is 1. The number of hydrogen-bond donors (Lipinski definition) is 1. The number of benzene rings is 2. The number of anilines is 3. The molecule has 180 valence electrons. The van der Waals surface area contributed by atoms with Gasteiger partial charge in [0.1, 0.15) is 22.9 Å². The van der Waals surface area contributed by atoms with Crippen molar-refractivity contribution in [1.82, 2.24) is 9.88 Å². The summed E-state index contributed by atoms with van der Waals surface area (Å²) in [6.07, 6.45) is 1.39. The summed E-state index contributed by atoms with van der Waals surface area (Å²) in [6.45, 7) is 8.49. The van der Waals surface area contributed by atoms with Crippen molar-refractivity contribution in [3.8, 4) is 5.75 Å². The van der Waals surface area contributed by atoms with Crippen molar-refractivity contribution in [2.24, 2.45) is 0 Å². The number of carbonyl (C=O) groups is 1. The summed E-state index contributed by atoms with van der Waals surface area (Å²) in [4.78, 5) is 21.8. The first kappa shape index (κ1) is 23.7. The standard InChI is InChI=1S/C25H28F2N4O3/c1-4-30-8-10-31(11-9-30)22-13-17-21(14-23(22)33-3)28-15-18(25(32)34-5-2)24(17)29-20-7-6-16(26)12-19(20)27/h6-7,12-15H,4-5,8-11H2,1-3H3,(H,28,29). The number of carbonyl (C=O) groups excluding carboxylic acids is 1. The molecule has 0 radical (unpaired) electrons. The van der Waals surface area contributed by atoms with Crippen molar-refractivity contribution in [2.45, 2.75) is 13.8 Å². The van der Waals surface area contributed by atoms with Crippen molar-refractivity contribution in [1.29, 1.82) is 0 Å². The van der Waals surface area contributed by atoms with Crippen molar-refractivity contribution in [2.75, 3.05) is 56.7 Å². The molecule has 0 spiro atoms. The highest BCUT2D eigenvalue weighted by atomic mass is 19.1. The van der Waals surface area contributed by atoms with Gasteiger partial charge in [0.2, 0.25) is 0 Å². The molecule has 1 aromatic heterocycles. The first-order valence-electron chi connectivity index (χ1n) is 11.3. The Labute approximate surface area is 197 Å². The lowest BCUT2D eigenvalue weighted by Gasteiger charge is -2.36. The molecule has 1 fully saturated rings. The largest absolute Gasteiger partial charge is 0.495 e. The van der Waals surface area contributed by atoms with E-state index < -0.39 is 17.6 Å². The van der Waals surface area contributed by atoms with E-state index in [0.29, 0.717) is 22.3 Å². The van der Waals surface area contributed by atoms with E-state index in [1.54, 1.807) is 20.1 Å². The van der Waals surface area contributed by atoms with Gasteiger partial charge in [0.15, 0.2) is 0 Å². The molecular formula is C25H28F2N4O3. The Hall–Kier alpha value is -3.46. The van der Waals surface area contributed by atoms with Gasteiger partial charge < -0.3 is 24.6 Å². The minimum Gasteiger partial charge on any atom is -0.495 e. The van der Waals surface area contributed by atoms with Crippen LogP contribution in [0.4, 0.5) is 25.8 Å². The van der Waals surface area contributed by atoms with E-state index in [1.165, 1.54) is 12.3 Å². The molecule has 0 aliphatic carbocycles. The van der Waals surface area contributed by atoms with Gasteiger partial charge in [-0.2, -0.15) is 0 Å². The van der Waals surface area contributed by atoms with E-state index in [1.807, 2.05) is 6.07 Å². The molecule has 1 aliphatic heterocycles. The SMILES string of the molecule is CCOC(=O)c1cnc2cc(OC)c(N3CCN(CC)CC3)cc2c1Nc1ccc(F)cc1F. The lowest BCUT2D eigenvalue weighted by Crippen LogP contribution is -2.46. The van der Waals surface area contributed by atoms with Crippen LogP contribution in [0.3, 0.4) is 0 Å². The number of fused-ring (bicyclic) bond motifs is 1. The number of nitrogens with one attached hydrogen (secondary N) is 1. The van der Waals surface area contributed by atoms with Crippen LogP contribution in [0.1, 0.15) is 24.2 Å². The van der Waals surface area contributed by atoms with Crippen LogP contribution >= 0.6 is 0 Å². The van der Waals surface area contributed by atoms with Crippen molar-refractivity contribution < 1.29 is 23.0 Å². The smallest absolute Gasteiger partial charge is 0.341 e. The fourth-order valence-corrected chi connectivity index (χ4v) is 4.15. The third-order valence-electron chi connectivity index (χ3n) is 6.01. The second-order valence-corrected chi connectivity index (χ2v) is 7.98. The van der Waals surface area contributed by atoms with Crippen LogP contribution in [0.2, 0.25) is 0 Å². The highest BCUT2D eigenvalue weighted by molar-refractivity contribution is 6.07. The number of piperazine rings is 1. The zero-order chi connectivity index (χ0) is 24.2. The van der Waals surface area contributed by atoms with Gasteiger partial charge in [0.05, 0.1) is 36.3 Å². The van der Waals surface area contributed by atoms with Crippen molar-refractivity contribution in [3.63, 3.8) is 0 Å². The van der Waals surface area contributed by atoms with E-state index in [4.69, 9.17) is 9.47 Å². The van der Waals surface area contributed by atoms with Crippen LogP contribution in [0.25, 0.3) is 10.9 Å². The highest BCUT2D eigenvalue weighted by Crippen LogP contribution is 2.38. The second-order valence-electron chi connectivity index (χ2n) is 7.98. The molecule has 3 aromatic rings. The van der Waals surface area contributed by atoms with Gasteiger partial charge in [-0.1, -0.05) is 6.92 Å². The van der Waals surface area contributed by atoms with E-state index in [0.717, 1.165) is 50.5 Å². The van der Waals surface area contributed by atoms with Gasteiger partial charge in [-0.15, -0.1) is 0 Å². The molecule has 7 nitrogen and oxygen atoms in total. The van der Waals surface area contributed by atoms with Gasteiger partial charge in [-0.05, 0) is 31.7 Å². The molecule has 4 rings (SSSR count). The molecule has 0 amide bonds. The summed E-state index contributed by atoms with van der Waals surface area (Å²) >= 11 is 0. The Morgan fingerprint density at radius 1 is 1.12 bits per heavy atom. The third kappa shape index (κ3) is 4.75. The normalized spacial score (nSPS) is 14.3. The maximum absolute atomic E-state index is 14.5. The number of halogens is 2. The summed E-state index contributed by atoms with van der Waals surface area (Å²) in [5.41, 5.74) is 1.95. The Balaban J connectivity index is 1.86. The van der Waals surface area contributed by atoms with Gasteiger partial charge in [0, 0.05) is 49.9 Å². The number of hydrogen-bond acceptors (Lipinski definition) is 7. The predicted octanol–water partition coefficient (Wildman–Crippen LogP) is 4.58. The summed E-state index contributed by atoms with van der Waals surface area (Å²) in [5.74, 6) is -1.39. The average molecular weight is 471 g/mol. The minimum atomic E-state index is -0.774. The van der Waals surface area contributed by atoms with E-state index >= 15 is 0 Å². The fraction of sp³-hybridized carbons (Fsp3) is 0.360. The highest BCUT2D eigenvalue weighted by Gasteiger charge is 2.23. The first-order valence-corrected chi connectivity index (χ1v) is 11.3. The summed E-state index contributed by atoms with van der Waals surface area (Å²) in [7, 11) is 1.60. The van der Waals surface area contributed by atoms with E-state index in [9.17, 15) is 13.6 Å². The Morgan fingerprint density at radius 3 is 2.53 bits per heavy atom. The molecule has 1 N–H and O–H groups in total. The maximum Gasteiger partial charge on any atom is 0.341 e. The number of pyridine rings is 1. The molecular weight excluding hydrogens is 442 g/mol. The second kappa shape index (κ2) is 10.2. The van der Waals surface area contributed by atoms with E-state index in [2.05, 4.69) is 27.0 Å². The van der Waals surface area contributed by atoms with E-state index in [-0.39, 0.29) is 17.9 Å². The number of nitrogens with zero attached hydrogens (tertiary/aromatic N) is 3. The van der Waals surface area contributed by atoms with Crippen LogP contribution in [0.5, 0.6) is 5.75 Å². The molecule has 1 saturated heterocycles. The number of esters is 1. The molecule has 0 bridgehead atoms. The number of rotatable bonds is 7. The number of ether oxygens (including phenoxy) is 2. The molecule has 1 aliphatic rings. The first-order chi connectivity index (χ1) is 16.4. The zero-order valence-corrected chi connectivity index (χ0v) is 19.5. The lowest BCUT2D eigenvalue weighted by atomic mass is 10.1. The molecule has 34 heavy (non-hydrogen) atoms. The van der Waals surface area contributed by atoms with Crippen molar-refractivity contribution >= 4 is 33.9 Å². The molecule has 0 atom stereocenters. The summed E-state index contributed by atoms with van der Waals surface area (Å²) in [6, 6.07) is 6.94. The quantitative estimate of drug-likeness (QED) is 0.507. The van der Waals surface area contributed by atoms with Crippen LogP contribution < -0.4 is 15.0 Å². The molecule has 0 saturated carbocycles. The number of aromatic nitrogens is 1. The van der Waals surface area contributed by atoms with Gasteiger partial charge in [0.25, 0.3) is 0 Å². The van der Waals surface area contributed by atoms with Gasteiger partial charge in [-0.25, -0.2) is 13.6 Å². The van der Waals surface area contributed by atoms with Crippen LogP contribution in [-0.2, 0) is 4.74 Å².